The van der Waals surface area contributed by atoms with Crippen molar-refractivity contribution < 1.29 is 13.2 Å². The van der Waals surface area contributed by atoms with Crippen molar-refractivity contribution in [2.24, 2.45) is 0 Å². The summed E-state index contributed by atoms with van der Waals surface area (Å²) in [6.07, 6.45) is -3.81. The van der Waals surface area contributed by atoms with Gasteiger partial charge in [0.1, 0.15) is 10.3 Å². The van der Waals surface area contributed by atoms with Gasteiger partial charge < -0.3 is 0 Å². The van der Waals surface area contributed by atoms with E-state index in [1.54, 1.807) is 24.3 Å². The van der Waals surface area contributed by atoms with Gasteiger partial charge in [-0.05, 0) is 23.8 Å². The molecule has 0 radical (unpaired) electrons. The number of hydrogen-bond donors (Lipinski definition) is 0. The molecule has 0 aliphatic carbocycles. The summed E-state index contributed by atoms with van der Waals surface area (Å²) in [6.45, 7) is 0. The number of hydrogen-bond acceptors (Lipinski definition) is 3. The quantitative estimate of drug-likeness (QED) is 0.650. The van der Waals surface area contributed by atoms with Crippen molar-refractivity contribution in [1.29, 1.82) is 5.26 Å². The second kappa shape index (κ2) is 6.78. The molecule has 1 heterocycles. The smallest absolute Gasteiger partial charge is 0.248 e. The van der Waals surface area contributed by atoms with E-state index in [4.69, 9.17) is 23.2 Å². The summed E-state index contributed by atoms with van der Waals surface area (Å²) in [5.41, 5.74) is -0.267. The van der Waals surface area contributed by atoms with Gasteiger partial charge in [0.2, 0.25) is 0 Å². The predicted molar refractivity (Wildman–Crippen MR) is 79.9 cm³/mol. The molecule has 1 unspecified atom stereocenters. The van der Waals surface area contributed by atoms with Gasteiger partial charge in [-0.2, -0.15) is 18.4 Å². The van der Waals surface area contributed by atoms with Crippen molar-refractivity contribution in [2.75, 3.05) is 0 Å². The van der Waals surface area contributed by atoms with Crippen LogP contribution in [0.3, 0.4) is 0 Å². The molecule has 1 aromatic heterocycles. The molecular weight excluding hydrogens is 356 g/mol. The standard InChI is InChI=1S/C14H7Cl2F3N2S/c15-10-3-1-8(2-4-10)12(6-20)22-13-11(16)5-9(7-21-13)14(17,18)19/h1-5,7,12H. The van der Waals surface area contributed by atoms with E-state index in [9.17, 15) is 18.4 Å². The Bertz CT molecular complexity index is 712. The molecule has 1 aromatic carbocycles. The fraction of sp³-hybridized carbons (Fsp3) is 0.143. The fourth-order valence-corrected chi connectivity index (χ4v) is 2.87. The first kappa shape index (κ1) is 16.9. The maximum atomic E-state index is 12.6. The monoisotopic (exact) mass is 362 g/mol. The number of halogens is 5. The van der Waals surface area contributed by atoms with Crippen molar-refractivity contribution >= 4 is 35.0 Å². The number of rotatable bonds is 3. The minimum atomic E-state index is -4.51. The molecule has 1 atom stereocenters. The highest BCUT2D eigenvalue weighted by Gasteiger charge is 2.31. The van der Waals surface area contributed by atoms with Crippen LogP contribution in [0.2, 0.25) is 10.0 Å². The molecule has 0 fully saturated rings. The van der Waals surface area contributed by atoms with Gasteiger partial charge in [0.05, 0.1) is 16.7 Å². The van der Waals surface area contributed by atoms with Crippen LogP contribution in [0.15, 0.2) is 41.6 Å². The highest BCUT2D eigenvalue weighted by molar-refractivity contribution is 7.99. The van der Waals surface area contributed by atoms with Gasteiger partial charge in [0, 0.05) is 11.2 Å². The van der Waals surface area contributed by atoms with E-state index in [0.717, 1.165) is 17.8 Å². The molecule has 2 aromatic rings. The molecule has 2 nitrogen and oxygen atoms in total. The highest BCUT2D eigenvalue weighted by Crippen LogP contribution is 2.39. The van der Waals surface area contributed by atoms with E-state index in [0.29, 0.717) is 16.8 Å². The normalized spacial score (nSPS) is 12.7. The molecule has 0 amide bonds. The zero-order valence-electron chi connectivity index (χ0n) is 10.7. The number of nitriles is 1. The maximum Gasteiger partial charge on any atom is 0.417 e. The Labute approximate surface area is 138 Å². The number of alkyl halides is 3. The third-order valence-electron chi connectivity index (χ3n) is 2.65. The Morgan fingerprint density at radius 3 is 2.32 bits per heavy atom. The lowest BCUT2D eigenvalue weighted by molar-refractivity contribution is -0.137. The number of benzene rings is 1. The lowest BCUT2D eigenvalue weighted by Crippen LogP contribution is -2.05. The van der Waals surface area contributed by atoms with Gasteiger partial charge in [0.25, 0.3) is 0 Å². The Morgan fingerprint density at radius 1 is 1.18 bits per heavy atom. The topological polar surface area (TPSA) is 36.7 Å². The first-order chi connectivity index (χ1) is 10.3. The molecule has 114 valence electrons. The maximum absolute atomic E-state index is 12.6. The summed E-state index contributed by atoms with van der Waals surface area (Å²) in [6, 6.07) is 9.45. The van der Waals surface area contributed by atoms with Gasteiger partial charge in [-0.3, -0.25) is 0 Å². The Hall–Kier alpha value is -1.42. The molecule has 2 rings (SSSR count). The molecule has 0 bridgehead atoms. The van der Waals surface area contributed by atoms with Crippen LogP contribution in [0, 0.1) is 11.3 Å². The number of nitrogens with zero attached hydrogens (tertiary/aromatic N) is 2. The lowest BCUT2D eigenvalue weighted by Gasteiger charge is -2.12. The summed E-state index contributed by atoms with van der Waals surface area (Å²) < 4.78 is 37.7. The Morgan fingerprint density at radius 2 is 1.82 bits per heavy atom. The van der Waals surface area contributed by atoms with E-state index < -0.39 is 17.0 Å². The molecule has 0 aliphatic heterocycles. The number of pyridine rings is 1. The van der Waals surface area contributed by atoms with Gasteiger partial charge in [-0.1, -0.05) is 47.1 Å². The van der Waals surface area contributed by atoms with Crippen LogP contribution in [0.1, 0.15) is 16.4 Å². The average molecular weight is 363 g/mol. The van der Waals surface area contributed by atoms with E-state index in [1.165, 1.54) is 0 Å². The van der Waals surface area contributed by atoms with E-state index >= 15 is 0 Å². The minimum Gasteiger partial charge on any atom is -0.248 e. The largest absolute Gasteiger partial charge is 0.417 e. The van der Waals surface area contributed by atoms with Crippen molar-refractivity contribution in [3.8, 4) is 6.07 Å². The SMILES string of the molecule is N#CC(Sc1ncc(C(F)(F)F)cc1Cl)c1ccc(Cl)cc1. The molecule has 0 spiro atoms. The van der Waals surface area contributed by atoms with Gasteiger partial charge in [-0.15, -0.1) is 0 Å². The van der Waals surface area contributed by atoms with Crippen LogP contribution >= 0.6 is 35.0 Å². The van der Waals surface area contributed by atoms with Crippen LogP contribution in [0.4, 0.5) is 13.2 Å². The Kier molecular flexibility index (Phi) is 5.22. The second-order valence-corrected chi connectivity index (χ2v) is 6.12. The molecule has 8 heteroatoms. The first-order valence-corrected chi connectivity index (χ1v) is 7.49. The molecule has 0 saturated carbocycles. The third-order valence-corrected chi connectivity index (χ3v) is 4.47. The summed E-state index contributed by atoms with van der Waals surface area (Å²) in [7, 11) is 0. The van der Waals surface area contributed by atoms with Crippen molar-refractivity contribution in [1.82, 2.24) is 4.98 Å². The van der Waals surface area contributed by atoms with Crippen LogP contribution in [-0.4, -0.2) is 4.98 Å². The first-order valence-electron chi connectivity index (χ1n) is 5.85. The van der Waals surface area contributed by atoms with Crippen molar-refractivity contribution in [3.05, 3.63) is 57.7 Å². The molecule has 0 aliphatic rings. The van der Waals surface area contributed by atoms with Crippen LogP contribution in [-0.2, 0) is 6.18 Å². The van der Waals surface area contributed by atoms with Gasteiger partial charge >= 0.3 is 6.18 Å². The summed E-state index contributed by atoms with van der Waals surface area (Å²) in [5, 5.41) is 9.12. The van der Waals surface area contributed by atoms with Gasteiger partial charge in [-0.25, -0.2) is 4.98 Å². The predicted octanol–water partition coefficient (Wildman–Crippen LogP) is 5.76. The summed E-state index contributed by atoms with van der Waals surface area (Å²) in [4.78, 5) is 3.71. The zero-order valence-corrected chi connectivity index (χ0v) is 13.1. The molecular formula is C14H7Cl2F3N2S. The highest BCUT2D eigenvalue weighted by atomic mass is 35.5. The molecule has 0 saturated heterocycles. The fourth-order valence-electron chi connectivity index (χ4n) is 1.59. The summed E-state index contributed by atoms with van der Waals surface area (Å²) >= 11 is 12.6. The van der Waals surface area contributed by atoms with Crippen LogP contribution in [0.25, 0.3) is 0 Å². The van der Waals surface area contributed by atoms with Crippen molar-refractivity contribution in [3.63, 3.8) is 0 Å². The van der Waals surface area contributed by atoms with Gasteiger partial charge in [0.15, 0.2) is 0 Å². The zero-order chi connectivity index (χ0) is 16.3. The minimum absolute atomic E-state index is 0.144. The van der Waals surface area contributed by atoms with Crippen LogP contribution in [0.5, 0.6) is 0 Å². The van der Waals surface area contributed by atoms with E-state index in [-0.39, 0.29) is 10.0 Å². The van der Waals surface area contributed by atoms with E-state index in [1.807, 2.05) is 0 Å². The number of thioether (sulfide) groups is 1. The third kappa shape index (κ3) is 4.07. The van der Waals surface area contributed by atoms with Crippen LogP contribution < -0.4 is 0 Å². The number of aromatic nitrogens is 1. The molecule has 22 heavy (non-hydrogen) atoms. The summed E-state index contributed by atoms with van der Waals surface area (Å²) in [5.74, 6) is 0. The Balaban J connectivity index is 2.25. The lowest BCUT2D eigenvalue weighted by atomic mass is 10.2. The second-order valence-electron chi connectivity index (χ2n) is 4.19. The average Bonchev–Trinajstić information content (AvgIpc) is 2.46. The van der Waals surface area contributed by atoms with E-state index in [2.05, 4.69) is 11.1 Å². The van der Waals surface area contributed by atoms with Crippen molar-refractivity contribution in [2.45, 2.75) is 16.5 Å². The molecule has 0 N–H and O–H groups in total.